The van der Waals surface area contributed by atoms with Crippen molar-refractivity contribution in [3.8, 4) is 0 Å². The number of hydrogen-bond acceptors (Lipinski definition) is 2. The summed E-state index contributed by atoms with van der Waals surface area (Å²) in [6.45, 7) is 4.83. The fourth-order valence-corrected chi connectivity index (χ4v) is 1.84. The van der Waals surface area contributed by atoms with Crippen molar-refractivity contribution in [2.24, 2.45) is 5.73 Å². The van der Waals surface area contributed by atoms with Crippen molar-refractivity contribution >= 4 is 18.3 Å². The lowest BCUT2D eigenvalue weighted by atomic mass is 10.1. The van der Waals surface area contributed by atoms with E-state index in [-0.39, 0.29) is 24.4 Å². The van der Waals surface area contributed by atoms with Crippen molar-refractivity contribution in [3.63, 3.8) is 0 Å². The van der Waals surface area contributed by atoms with Gasteiger partial charge < -0.3 is 11.1 Å². The van der Waals surface area contributed by atoms with Crippen molar-refractivity contribution < 1.29 is 4.79 Å². The van der Waals surface area contributed by atoms with E-state index in [0.717, 1.165) is 25.7 Å². The Balaban J connectivity index is 0.00000324. The molecule has 108 valence electrons. The first kappa shape index (κ1) is 17.9. The molecular weight excluding hydrogens is 260 g/mol. The Bertz CT molecular complexity index is 365. The van der Waals surface area contributed by atoms with Crippen LogP contribution in [-0.4, -0.2) is 18.5 Å². The summed E-state index contributed by atoms with van der Waals surface area (Å²) in [7, 11) is 0. The Morgan fingerprint density at radius 3 is 2.32 bits per heavy atom. The molecule has 0 saturated carbocycles. The number of amides is 1. The smallest absolute Gasteiger partial charge is 0.236 e. The summed E-state index contributed by atoms with van der Waals surface area (Å²) in [6, 6.07) is 8.16. The van der Waals surface area contributed by atoms with E-state index in [9.17, 15) is 4.79 Å². The summed E-state index contributed by atoms with van der Waals surface area (Å²) in [5, 5.41) is 2.88. The van der Waals surface area contributed by atoms with Crippen LogP contribution in [0, 0.1) is 0 Å². The zero-order valence-electron chi connectivity index (χ0n) is 11.8. The predicted octanol–water partition coefficient (Wildman–Crippen LogP) is 2.46. The van der Waals surface area contributed by atoms with Crippen LogP contribution in [0.15, 0.2) is 24.3 Å². The second-order valence-electron chi connectivity index (χ2n) is 4.61. The van der Waals surface area contributed by atoms with Crippen molar-refractivity contribution in [1.29, 1.82) is 0 Å². The molecule has 1 amide bonds. The molecule has 1 aromatic rings. The fourth-order valence-electron chi connectivity index (χ4n) is 1.84. The van der Waals surface area contributed by atoms with Crippen molar-refractivity contribution in [3.05, 3.63) is 35.4 Å². The summed E-state index contributed by atoms with van der Waals surface area (Å²) in [5.41, 5.74) is 8.32. The van der Waals surface area contributed by atoms with Crippen LogP contribution in [0.1, 0.15) is 37.8 Å². The van der Waals surface area contributed by atoms with E-state index < -0.39 is 0 Å². The van der Waals surface area contributed by atoms with Crippen molar-refractivity contribution in [2.75, 3.05) is 6.54 Å². The molecule has 3 N–H and O–H groups in total. The van der Waals surface area contributed by atoms with E-state index in [0.29, 0.717) is 6.54 Å². The third-order valence-corrected chi connectivity index (χ3v) is 3.08. The Kier molecular flexibility index (Phi) is 9.27. The molecule has 1 unspecified atom stereocenters. The summed E-state index contributed by atoms with van der Waals surface area (Å²) in [5.74, 6) is -0.0398. The van der Waals surface area contributed by atoms with Gasteiger partial charge >= 0.3 is 0 Å². The van der Waals surface area contributed by atoms with E-state index in [1.54, 1.807) is 0 Å². The maximum Gasteiger partial charge on any atom is 0.236 e. The second kappa shape index (κ2) is 9.82. The number of hydrogen-bond donors (Lipinski definition) is 2. The predicted molar refractivity (Wildman–Crippen MR) is 82.7 cm³/mol. The number of rotatable bonds is 7. The molecule has 1 atom stereocenters. The maximum absolute atomic E-state index is 11.6. The van der Waals surface area contributed by atoms with E-state index in [1.807, 2.05) is 6.92 Å². The summed E-state index contributed by atoms with van der Waals surface area (Å²) in [4.78, 5) is 11.6. The quantitative estimate of drug-likeness (QED) is 0.808. The van der Waals surface area contributed by atoms with Crippen LogP contribution in [-0.2, 0) is 17.6 Å². The van der Waals surface area contributed by atoms with Crippen molar-refractivity contribution in [1.82, 2.24) is 5.32 Å². The van der Waals surface area contributed by atoms with Crippen LogP contribution in [0.4, 0.5) is 0 Å². The Morgan fingerprint density at radius 1 is 1.21 bits per heavy atom. The lowest BCUT2D eigenvalue weighted by Crippen LogP contribution is -2.41. The van der Waals surface area contributed by atoms with Gasteiger partial charge in [-0.3, -0.25) is 4.79 Å². The standard InChI is InChI=1S/C15H24N2O.ClH/c1-3-5-14(16)15(18)17-11-10-13-8-6-12(4-2)7-9-13;/h6-9,14H,3-5,10-11,16H2,1-2H3,(H,17,18);1H. The number of benzene rings is 1. The highest BCUT2D eigenvalue weighted by molar-refractivity contribution is 5.85. The van der Waals surface area contributed by atoms with E-state index in [1.165, 1.54) is 11.1 Å². The van der Waals surface area contributed by atoms with Crippen molar-refractivity contribution in [2.45, 2.75) is 45.6 Å². The van der Waals surface area contributed by atoms with Crippen LogP contribution < -0.4 is 11.1 Å². The molecule has 0 aliphatic carbocycles. The molecule has 0 aliphatic heterocycles. The lowest BCUT2D eigenvalue weighted by molar-refractivity contribution is -0.122. The molecule has 0 radical (unpaired) electrons. The highest BCUT2D eigenvalue weighted by Crippen LogP contribution is 2.05. The van der Waals surface area contributed by atoms with Gasteiger partial charge in [0.1, 0.15) is 0 Å². The van der Waals surface area contributed by atoms with Gasteiger partial charge in [0, 0.05) is 6.54 Å². The molecule has 1 rings (SSSR count). The minimum Gasteiger partial charge on any atom is -0.354 e. The van der Waals surface area contributed by atoms with Gasteiger partial charge in [0.05, 0.1) is 6.04 Å². The molecule has 0 spiro atoms. The van der Waals surface area contributed by atoms with Crippen LogP contribution >= 0.6 is 12.4 Å². The summed E-state index contributed by atoms with van der Waals surface area (Å²) >= 11 is 0. The Hall–Kier alpha value is -1.06. The number of carbonyl (C=O) groups excluding carboxylic acids is 1. The van der Waals surface area contributed by atoms with Crippen LogP contribution in [0.25, 0.3) is 0 Å². The normalized spacial score (nSPS) is 11.5. The highest BCUT2D eigenvalue weighted by Gasteiger charge is 2.10. The van der Waals surface area contributed by atoms with Crippen LogP contribution in [0.5, 0.6) is 0 Å². The molecule has 1 aromatic carbocycles. The average molecular weight is 285 g/mol. The minimum atomic E-state index is -0.363. The molecule has 0 aliphatic rings. The Morgan fingerprint density at radius 2 is 1.79 bits per heavy atom. The van der Waals surface area contributed by atoms with E-state index in [4.69, 9.17) is 5.73 Å². The first-order valence-corrected chi connectivity index (χ1v) is 6.78. The first-order chi connectivity index (χ1) is 8.67. The van der Waals surface area contributed by atoms with Crippen LogP contribution in [0.3, 0.4) is 0 Å². The number of nitrogens with two attached hydrogens (primary N) is 1. The van der Waals surface area contributed by atoms with E-state index in [2.05, 4.69) is 36.5 Å². The molecular formula is C15H25ClN2O. The van der Waals surface area contributed by atoms with E-state index >= 15 is 0 Å². The molecule has 0 saturated heterocycles. The molecule has 0 fully saturated rings. The van der Waals surface area contributed by atoms with Gasteiger partial charge in [0.15, 0.2) is 0 Å². The monoisotopic (exact) mass is 284 g/mol. The van der Waals surface area contributed by atoms with Gasteiger partial charge in [-0.25, -0.2) is 0 Å². The number of nitrogens with one attached hydrogen (secondary N) is 1. The summed E-state index contributed by atoms with van der Waals surface area (Å²) in [6.07, 6.45) is 3.60. The average Bonchev–Trinajstić information content (AvgIpc) is 2.39. The number of aryl methyl sites for hydroxylation is 1. The van der Waals surface area contributed by atoms with Gasteiger partial charge in [-0.2, -0.15) is 0 Å². The number of carbonyl (C=O) groups is 1. The fraction of sp³-hybridized carbons (Fsp3) is 0.533. The highest BCUT2D eigenvalue weighted by atomic mass is 35.5. The Labute approximate surface area is 122 Å². The third kappa shape index (κ3) is 6.60. The molecule has 3 nitrogen and oxygen atoms in total. The van der Waals surface area contributed by atoms with Gasteiger partial charge in [0.25, 0.3) is 0 Å². The minimum absolute atomic E-state index is 0. The second-order valence-corrected chi connectivity index (χ2v) is 4.61. The zero-order valence-corrected chi connectivity index (χ0v) is 12.6. The number of halogens is 1. The molecule has 0 aromatic heterocycles. The summed E-state index contributed by atoms with van der Waals surface area (Å²) < 4.78 is 0. The maximum atomic E-state index is 11.6. The zero-order chi connectivity index (χ0) is 13.4. The van der Waals surface area contributed by atoms with Gasteiger partial charge in [-0.1, -0.05) is 44.5 Å². The molecule has 19 heavy (non-hydrogen) atoms. The topological polar surface area (TPSA) is 55.1 Å². The largest absolute Gasteiger partial charge is 0.354 e. The SMILES string of the molecule is CCCC(N)C(=O)NCCc1ccc(CC)cc1.Cl. The van der Waals surface area contributed by atoms with Gasteiger partial charge in [-0.05, 0) is 30.4 Å². The lowest BCUT2D eigenvalue weighted by Gasteiger charge is -2.11. The molecule has 4 heteroatoms. The first-order valence-electron chi connectivity index (χ1n) is 6.78. The molecule has 0 heterocycles. The van der Waals surface area contributed by atoms with Gasteiger partial charge in [0.2, 0.25) is 5.91 Å². The van der Waals surface area contributed by atoms with Crippen LogP contribution in [0.2, 0.25) is 0 Å². The van der Waals surface area contributed by atoms with Gasteiger partial charge in [-0.15, -0.1) is 12.4 Å². The third-order valence-electron chi connectivity index (χ3n) is 3.08. The molecule has 0 bridgehead atoms.